The average Bonchev–Trinajstić information content (AvgIpc) is 2.15. The number of benzene rings is 1. The van der Waals surface area contributed by atoms with Crippen LogP contribution in [0.2, 0.25) is 0 Å². The highest BCUT2D eigenvalue weighted by molar-refractivity contribution is 14.1. The molecule has 0 bridgehead atoms. The van der Waals surface area contributed by atoms with Crippen molar-refractivity contribution in [3.63, 3.8) is 0 Å². The molecule has 1 aromatic rings. The molecule has 0 radical (unpaired) electrons. The number of alkyl halides is 3. The highest BCUT2D eigenvalue weighted by Crippen LogP contribution is 2.35. The molecule has 0 fully saturated rings. The van der Waals surface area contributed by atoms with Crippen molar-refractivity contribution in [1.29, 1.82) is 0 Å². The van der Waals surface area contributed by atoms with Crippen LogP contribution >= 0.6 is 22.6 Å². The largest absolute Gasteiger partial charge is 0.469 e. The fourth-order valence-corrected chi connectivity index (χ4v) is 2.12. The normalized spacial score (nSPS) is 11.3. The predicted molar refractivity (Wildman–Crippen MR) is 59.9 cm³/mol. The van der Waals surface area contributed by atoms with Gasteiger partial charge in [-0.3, -0.25) is 4.79 Å². The molecular formula is C10H8F3IO2. The van der Waals surface area contributed by atoms with Gasteiger partial charge in [0.15, 0.2) is 0 Å². The van der Waals surface area contributed by atoms with Crippen molar-refractivity contribution in [2.45, 2.75) is 12.6 Å². The highest BCUT2D eigenvalue weighted by atomic mass is 127. The Labute approximate surface area is 104 Å². The summed E-state index contributed by atoms with van der Waals surface area (Å²) in [5, 5.41) is 0. The third kappa shape index (κ3) is 3.10. The van der Waals surface area contributed by atoms with Crippen LogP contribution in [0.25, 0.3) is 0 Å². The van der Waals surface area contributed by atoms with E-state index in [4.69, 9.17) is 0 Å². The third-order valence-corrected chi connectivity index (χ3v) is 2.84. The van der Waals surface area contributed by atoms with E-state index in [1.807, 2.05) is 0 Å². The summed E-state index contributed by atoms with van der Waals surface area (Å²) < 4.78 is 42.5. The standard InChI is InChI=1S/C10H8F3IO2/c1-16-8(15)5-6-3-2-4-7(14)9(6)10(11,12)13/h2-4H,5H2,1H3. The molecule has 0 atom stereocenters. The van der Waals surface area contributed by atoms with Gasteiger partial charge in [0.1, 0.15) is 0 Å². The molecule has 0 unspecified atom stereocenters. The number of ether oxygens (including phenoxy) is 1. The van der Waals surface area contributed by atoms with Gasteiger partial charge in [-0.25, -0.2) is 0 Å². The van der Waals surface area contributed by atoms with Gasteiger partial charge in [-0.2, -0.15) is 13.2 Å². The number of esters is 1. The molecule has 0 saturated carbocycles. The second-order valence-electron chi connectivity index (χ2n) is 3.02. The van der Waals surface area contributed by atoms with Crippen molar-refractivity contribution >= 4 is 28.6 Å². The summed E-state index contributed by atoms with van der Waals surface area (Å²) >= 11 is 1.60. The van der Waals surface area contributed by atoms with Crippen molar-refractivity contribution in [3.8, 4) is 0 Å². The molecule has 0 amide bonds. The summed E-state index contributed by atoms with van der Waals surface area (Å²) in [4.78, 5) is 11.0. The molecule has 1 aromatic carbocycles. The number of carbonyl (C=O) groups excluding carboxylic acids is 1. The summed E-state index contributed by atoms with van der Waals surface area (Å²) in [6, 6.07) is 4.11. The summed E-state index contributed by atoms with van der Waals surface area (Å²) in [7, 11) is 1.14. The first-order valence-corrected chi connectivity index (χ1v) is 5.35. The first-order valence-electron chi connectivity index (χ1n) is 4.27. The number of halogens is 4. The Morgan fingerprint density at radius 2 is 2.06 bits per heavy atom. The van der Waals surface area contributed by atoms with Crippen molar-refractivity contribution < 1.29 is 22.7 Å². The fraction of sp³-hybridized carbons (Fsp3) is 0.300. The molecule has 88 valence electrons. The maximum Gasteiger partial charge on any atom is 0.417 e. The van der Waals surface area contributed by atoms with Gasteiger partial charge < -0.3 is 4.74 Å². The molecule has 2 nitrogen and oxygen atoms in total. The molecule has 1 rings (SSSR count). The average molecular weight is 344 g/mol. The Morgan fingerprint density at radius 3 is 2.56 bits per heavy atom. The maximum atomic E-state index is 12.7. The second kappa shape index (κ2) is 5.03. The van der Waals surface area contributed by atoms with Crippen molar-refractivity contribution in [2.24, 2.45) is 0 Å². The molecular weight excluding hydrogens is 336 g/mol. The Balaban J connectivity index is 3.18. The molecule has 0 aromatic heterocycles. The lowest BCUT2D eigenvalue weighted by Crippen LogP contribution is -2.15. The predicted octanol–water partition coefficient (Wildman–Crippen LogP) is 3.03. The first kappa shape index (κ1) is 13.3. The van der Waals surface area contributed by atoms with Crippen LogP contribution in [0.3, 0.4) is 0 Å². The summed E-state index contributed by atoms with van der Waals surface area (Å²) in [5.74, 6) is -0.688. The van der Waals surface area contributed by atoms with Gasteiger partial charge in [0.25, 0.3) is 0 Å². The van der Waals surface area contributed by atoms with E-state index in [0.717, 1.165) is 7.11 Å². The minimum atomic E-state index is -4.46. The molecule has 0 spiro atoms. The summed E-state index contributed by atoms with van der Waals surface area (Å²) in [5.41, 5.74) is -0.827. The number of carbonyl (C=O) groups is 1. The van der Waals surface area contributed by atoms with Crippen LogP contribution < -0.4 is 0 Å². The second-order valence-corrected chi connectivity index (χ2v) is 4.19. The van der Waals surface area contributed by atoms with Crippen LogP contribution in [0.4, 0.5) is 13.2 Å². The van der Waals surface area contributed by atoms with Gasteiger partial charge in [-0.05, 0) is 34.2 Å². The minimum absolute atomic E-state index is 0.0637. The van der Waals surface area contributed by atoms with E-state index >= 15 is 0 Å². The minimum Gasteiger partial charge on any atom is -0.469 e. The fourth-order valence-electron chi connectivity index (χ4n) is 1.26. The van der Waals surface area contributed by atoms with Crippen molar-refractivity contribution in [3.05, 3.63) is 32.9 Å². The monoisotopic (exact) mass is 344 g/mol. The zero-order valence-electron chi connectivity index (χ0n) is 8.27. The zero-order valence-corrected chi connectivity index (χ0v) is 10.4. The van der Waals surface area contributed by atoms with Gasteiger partial charge in [0.05, 0.1) is 19.1 Å². The molecule has 0 N–H and O–H groups in total. The Bertz CT molecular complexity index is 402. The molecule has 16 heavy (non-hydrogen) atoms. The summed E-state index contributed by atoms with van der Waals surface area (Å²) in [6.07, 6.45) is -4.83. The van der Waals surface area contributed by atoms with Gasteiger partial charge in [0.2, 0.25) is 0 Å². The van der Waals surface area contributed by atoms with E-state index < -0.39 is 17.7 Å². The van der Waals surface area contributed by atoms with Crippen molar-refractivity contribution in [2.75, 3.05) is 7.11 Å². The lowest BCUT2D eigenvalue weighted by Gasteiger charge is -2.13. The van der Waals surface area contributed by atoms with Crippen LogP contribution in [0.5, 0.6) is 0 Å². The Hall–Kier alpha value is -0.790. The highest BCUT2D eigenvalue weighted by Gasteiger charge is 2.35. The lowest BCUT2D eigenvalue weighted by atomic mass is 10.0. The lowest BCUT2D eigenvalue weighted by molar-refractivity contribution is -0.141. The van der Waals surface area contributed by atoms with Gasteiger partial charge in [-0.1, -0.05) is 12.1 Å². The molecule has 0 saturated heterocycles. The topological polar surface area (TPSA) is 26.3 Å². The Kier molecular flexibility index (Phi) is 4.17. The molecule has 0 heterocycles. The SMILES string of the molecule is COC(=O)Cc1cccc(I)c1C(F)(F)F. The molecule has 0 aliphatic heterocycles. The first-order chi connectivity index (χ1) is 7.36. The molecule has 0 aliphatic carbocycles. The van der Waals surface area contributed by atoms with E-state index in [1.54, 1.807) is 22.6 Å². The van der Waals surface area contributed by atoms with Crippen LogP contribution in [0, 0.1) is 3.57 Å². The summed E-state index contributed by atoms with van der Waals surface area (Å²) in [6.45, 7) is 0. The number of methoxy groups -OCH3 is 1. The van der Waals surface area contributed by atoms with Crippen LogP contribution in [0.15, 0.2) is 18.2 Å². The van der Waals surface area contributed by atoms with Crippen LogP contribution in [-0.2, 0) is 22.1 Å². The maximum absolute atomic E-state index is 12.7. The Morgan fingerprint density at radius 1 is 1.44 bits per heavy atom. The van der Waals surface area contributed by atoms with Crippen LogP contribution in [0.1, 0.15) is 11.1 Å². The quantitative estimate of drug-likeness (QED) is 0.609. The third-order valence-electron chi connectivity index (χ3n) is 1.95. The van der Waals surface area contributed by atoms with E-state index in [0.29, 0.717) is 0 Å². The van der Waals surface area contributed by atoms with Gasteiger partial charge in [-0.15, -0.1) is 0 Å². The number of hydrogen-bond donors (Lipinski definition) is 0. The van der Waals surface area contributed by atoms with Crippen molar-refractivity contribution in [1.82, 2.24) is 0 Å². The van der Waals surface area contributed by atoms with E-state index in [9.17, 15) is 18.0 Å². The number of hydrogen-bond acceptors (Lipinski definition) is 2. The number of rotatable bonds is 2. The van der Waals surface area contributed by atoms with E-state index in [2.05, 4.69) is 4.74 Å². The van der Waals surface area contributed by atoms with Gasteiger partial charge in [0, 0.05) is 3.57 Å². The molecule has 0 aliphatic rings. The van der Waals surface area contributed by atoms with Crippen LogP contribution in [-0.4, -0.2) is 13.1 Å². The van der Waals surface area contributed by atoms with Gasteiger partial charge >= 0.3 is 12.1 Å². The van der Waals surface area contributed by atoms with E-state index in [1.165, 1.54) is 18.2 Å². The smallest absolute Gasteiger partial charge is 0.417 e. The van der Waals surface area contributed by atoms with E-state index in [-0.39, 0.29) is 15.6 Å². The zero-order chi connectivity index (χ0) is 12.3. The molecule has 6 heteroatoms.